The fraction of sp³-hybridized carbons (Fsp3) is 0.375. The van der Waals surface area contributed by atoms with Crippen molar-refractivity contribution >= 4 is 5.91 Å². The largest absolute Gasteiger partial charge is 0.368 e. The molecule has 1 fully saturated rings. The van der Waals surface area contributed by atoms with Crippen molar-refractivity contribution in [2.75, 3.05) is 19.7 Å². The molecule has 2 aliphatic heterocycles. The highest BCUT2D eigenvalue weighted by molar-refractivity contribution is 5.92. The van der Waals surface area contributed by atoms with Crippen molar-refractivity contribution in [3.63, 3.8) is 0 Å². The highest BCUT2D eigenvalue weighted by Crippen LogP contribution is 2.41. The number of rotatable bonds is 2. The first-order valence-corrected chi connectivity index (χ1v) is 11.0. The highest BCUT2D eigenvalue weighted by Gasteiger charge is 2.43. The minimum absolute atomic E-state index is 0.0951. The Bertz CT molecular complexity index is 1340. The molecule has 0 bridgehead atoms. The molecule has 0 unspecified atom stereocenters. The van der Waals surface area contributed by atoms with Crippen molar-refractivity contribution in [2.24, 2.45) is 14.1 Å². The van der Waals surface area contributed by atoms with Gasteiger partial charge in [0.25, 0.3) is 11.5 Å². The van der Waals surface area contributed by atoms with Crippen LogP contribution in [0.1, 0.15) is 34.6 Å². The van der Waals surface area contributed by atoms with E-state index in [1.165, 1.54) is 24.7 Å². The van der Waals surface area contributed by atoms with Crippen molar-refractivity contribution in [1.82, 2.24) is 24.0 Å². The summed E-state index contributed by atoms with van der Waals surface area (Å²) in [6.45, 7) is 1.46. The molecule has 1 spiro atoms. The van der Waals surface area contributed by atoms with E-state index in [9.17, 15) is 14.4 Å². The first-order chi connectivity index (χ1) is 15.9. The summed E-state index contributed by atoms with van der Waals surface area (Å²) in [4.78, 5) is 48.6. The maximum atomic E-state index is 13.1. The third-order valence-electron chi connectivity index (χ3n) is 6.68. The fourth-order valence-corrected chi connectivity index (χ4v) is 4.69. The maximum absolute atomic E-state index is 13.1. The number of ether oxygens (including phenoxy) is 1. The van der Waals surface area contributed by atoms with Crippen molar-refractivity contribution < 1.29 is 9.53 Å². The Morgan fingerprint density at radius 3 is 2.52 bits per heavy atom. The van der Waals surface area contributed by atoms with E-state index in [2.05, 4.69) is 4.98 Å². The van der Waals surface area contributed by atoms with Gasteiger partial charge in [-0.2, -0.15) is 0 Å². The van der Waals surface area contributed by atoms with E-state index < -0.39 is 16.9 Å². The summed E-state index contributed by atoms with van der Waals surface area (Å²) >= 11 is 0. The van der Waals surface area contributed by atoms with Gasteiger partial charge in [-0.25, -0.2) is 14.8 Å². The van der Waals surface area contributed by atoms with Crippen LogP contribution in [-0.4, -0.2) is 49.6 Å². The van der Waals surface area contributed by atoms with Gasteiger partial charge in [-0.1, -0.05) is 30.3 Å². The van der Waals surface area contributed by atoms with Crippen molar-refractivity contribution in [3.8, 4) is 11.4 Å². The Kier molecular flexibility index (Phi) is 5.20. The Morgan fingerprint density at radius 2 is 1.79 bits per heavy atom. The molecule has 2 aromatic heterocycles. The van der Waals surface area contributed by atoms with Crippen molar-refractivity contribution in [1.29, 1.82) is 0 Å². The number of amides is 1. The first kappa shape index (κ1) is 21.3. The molecule has 4 heterocycles. The normalized spacial score (nSPS) is 17.1. The van der Waals surface area contributed by atoms with E-state index in [1.54, 1.807) is 4.90 Å². The number of benzene rings is 1. The lowest BCUT2D eigenvalue weighted by Gasteiger charge is -2.44. The minimum Gasteiger partial charge on any atom is -0.368 e. The maximum Gasteiger partial charge on any atom is 0.331 e. The summed E-state index contributed by atoms with van der Waals surface area (Å²) in [7, 11) is 2.90. The summed E-state index contributed by atoms with van der Waals surface area (Å²) in [6, 6.07) is 11.1. The Morgan fingerprint density at radius 1 is 1.06 bits per heavy atom. The van der Waals surface area contributed by atoms with Crippen molar-refractivity contribution in [2.45, 2.75) is 24.9 Å². The molecule has 0 radical (unpaired) electrons. The molecular formula is C24H25N5O4. The number of fused-ring (bicyclic) bond motifs is 2. The van der Waals surface area contributed by atoms with E-state index in [0.29, 0.717) is 38.4 Å². The van der Waals surface area contributed by atoms with E-state index in [4.69, 9.17) is 9.72 Å². The summed E-state index contributed by atoms with van der Waals surface area (Å²) in [5.41, 5.74) is 1.43. The predicted octanol–water partition coefficient (Wildman–Crippen LogP) is 1.25. The second-order valence-corrected chi connectivity index (χ2v) is 8.59. The van der Waals surface area contributed by atoms with Crippen LogP contribution in [0.5, 0.6) is 0 Å². The Balaban J connectivity index is 1.42. The second kappa shape index (κ2) is 8.08. The molecule has 3 aromatic rings. The molecule has 0 atom stereocenters. The average Bonchev–Trinajstić information content (AvgIpc) is 2.86. The first-order valence-electron chi connectivity index (χ1n) is 11.0. The number of carbonyl (C=O) groups is 1. The van der Waals surface area contributed by atoms with Crippen LogP contribution in [0.4, 0.5) is 0 Å². The average molecular weight is 447 g/mol. The van der Waals surface area contributed by atoms with Crippen LogP contribution >= 0.6 is 0 Å². The van der Waals surface area contributed by atoms with Crippen LogP contribution in [0, 0.1) is 0 Å². The van der Waals surface area contributed by atoms with Gasteiger partial charge in [-0.3, -0.25) is 18.7 Å². The molecule has 1 amide bonds. The van der Waals surface area contributed by atoms with Gasteiger partial charge in [0.05, 0.1) is 12.3 Å². The number of likely N-dealkylation sites (tertiary alicyclic amines) is 1. The van der Waals surface area contributed by atoms with Gasteiger partial charge < -0.3 is 9.64 Å². The van der Waals surface area contributed by atoms with Gasteiger partial charge in [-0.05, 0) is 24.8 Å². The standard InChI is InChI=1S/C24H25N5O4/c1-27-18(14-19(30)28(2)23(27)32)22(31)29-11-9-24(10-12-29)20-17(8-13-33-24)15-25-21(26-20)16-6-4-3-5-7-16/h3-7,14-15H,8-13H2,1-2H3. The van der Waals surface area contributed by atoms with Gasteiger partial charge in [0.15, 0.2) is 5.82 Å². The van der Waals surface area contributed by atoms with Gasteiger partial charge in [0.2, 0.25) is 0 Å². The van der Waals surface area contributed by atoms with Crippen LogP contribution in [0.2, 0.25) is 0 Å². The summed E-state index contributed by atoms with van der Waals surface area (Å²) < 4.78 is 8.51. The third kappa shape index (κ3) is 3.58. The zero-order valence-electron chi connectivity index (χ0n) is 18.7. The molecule has 170 valence electrons. The lowest BCUT2D eigenvalue weighted by atomic mass is 9.83. The number of hydrogen-bond acceptors (Lipinski definition) is 6. The van der Waals surface area contributed by atoms with Crippen LogP contribution < -0.4 is 11.2 Å². The number of nitrogens with zero attached hydrogens (tertiary/aromatic N) is 5. The molecule has 0 N–H and O–H groups in total. The van der Waals surface area contributed by atoms with E-state index in [1.807, 2.05) is 36.5 Å². The predicted molar refractivity (Wildman–Crippen MR) is 121 cm³/mol. The lowest BCUT2D eigenvalue weighted by Crippen LogP contribution is -2.50. The van der Waals surface area contributed by atoms with Gasteiger partial charge in [0.1, 0.15) is 11.3 Å². The molecule has 2 aliphatic rings. The zero-order chi connectivity index (χ0) is 23.2. The number of aromatic nitrogens is 4. The second-order valence-electron chi connectivity index (χ2n) is 8.59. The monoisotopic (exact) mass is 447 g/mol. The smallest absolute Gasteiger partial charge is 0.331 e. The number of carbonyl (C=O) groups excluding carboxylic acids is 1. The van der Waals surface area contributed by atoms with Gasteiger partial charge in [0, 0.05) is 45.0 Å². The van der Waals surface area contributed by atoms with E-state index >= 15 is 0 Å². The van der Waals surface area contributed by atoms with Crippen LogP contribution in [-0.2, 0) is 30.9 Å². The van der Waals surface area contributed by atoms with Gasteiger partial charge >= 0.3 is 5.69 Å². The van der Waals surface area contributed by atoms with Crippen LogP contribution in [0.15, 0.2) is 52.2 Å². The Labute approximate surface area is 190 Å². The molecule has 9 nitrogen and oxygen atoms in total. The molecule has 1 saturated heterocycles. The minimum atomic E-state index is -0.574. The molecule has 0 aliphatic carbocycles. The van der Waals surface area contributed by atoms with E-state index in [0.717, 1.165) is 27.8 Å². The molecule has 5 rings (SSSR count). The summed E-state index contributed by atoms with van der Waals surface area (Å²) in [5, 5.41) is 0. The van der Waals surface area contributed by atoms with Crippen LogP contribution in [0.3, 0.4) is 0 Å². The quantitative estimate of drug-likeness (QED) is 0.586. The SMILES string of the molecule is Cn1c(C(=O)N2CCC3(CC2)OCCc2cnc(-c4ccccc4)nc23)cc(=O)n(C)c1=O. The highest BCUT2D eigenvalue weighted by atomic mass is 16.5. The molecule has 33 heavy (non-hydrogen) atoms. The van der Waals surface area contributed by atoms with E-state index in [-0.39, 0.29) is 11.6 Å². The topological polar surface area (TPSA) is 99.3 Å². The summed E-state index contributed by atoms with van der Waals surface area (Å²) in [5.74, 6) is 0.332. The van der Waals surface area contributed by atoms with Crippen molar-refractivity contribution in [3.05, 3.63) is 80.4 Å². The molecule has 0 saturated carbocycles. The molecule has 9 heteroatoms. The fourth-order valence-electron chi connectivity index (χ4n) is 4.69. The van der Waals surface area contributed by atoms with Gasteiger partial charge in [-0.15, -0.1) is 0 Å². The third-order valence-corrected chi connectivity index (χ3v) is 6.68. The van der Waals surface area contributed by atoms with Crippen LogP contribution in [0.25, 0.3) is 11.4 Å². The molecule has 1 aromatic carbocycles. The lowest BCUT2D eigenvalue weighted by molar-refractivity contribution is -0.0967. The summed E-state index contributed by atoms with van der Waals surface area (Å²) in [6.07, 6.45) is 3.80. The molecular weight excluding hydrogens is 422 g/mol. The Hall–Kier alpha value is -3.59. The number of hydrogen-bond donors (Lipinski definition) is 0. The number of piperidine rings is 1. The zero-order valence-corrected chi connectivity index (χ0v) is 18.7.